The molecule has 1 fully saturated rings. The second-order valence-electron chi connectivity index (χ2n) is 6.28. The van der Waals surface area contributed by atoms with Crippen LogP contribution in [0.1, 0.15) is 40.3 Å². The van der Waals surface area contributed by atoms with Crippen LogP contribution in [-0.4, -0.2) is 39.7 Å². The van der Waals surface area contributed by atoms with Gasteiger partial charge < -0.3 is 10.2 Å². The van der Waals surface area contributed by atoms with Gasteiger partial charge in [0, 0.05) is 30.2 Å². The molecule has 0 aliphatic carbocycles. The first-order valence-corrected chi connectivity index (χ1v) is 6.92. The van der Waals surface area contributed by atoms with Crippen LogP contribution in [0, 0.1) is 5.41 Å². The highest BCUT2D eigenvalue weighted by Gasteiger charge is 2.53. The molecule has 0 spiro atoms. The molecule has 0 bridgehead atoms. The molecule has 0 amide bonds. The van der Waals surface area contributed by atoms with Gasteiger partial charge in [0.15, 0.2) is 5.96 Å². The minimum Gasteiger partial charge on any atom is -0.356 e. The second-order valence-corrected chi connectivity index (χ2v) is 6.28. The first-order chi connectivity index (χ1) is 8.88. The predicted octanol–water partition coefficient (Wildman–Crippen LogP) is 2.00. The highest BCUT2D eigenvalue weighted by Crippen LogP contribution is 2.46. The number of nitrogens with zero attached hydrogens (tertiary/aromatic N) is 3. The molecule has 2 N–H and O–H groups in total. The number of H-pyrrole nitrogens is 1. The fourth-order valence-electron chi connectivity index (χ4n) is 2.33. The van der Waals surface area contributed by atoms with Crippen molar-refractivity contribution in [2.45, 2.75) is 46.7 Å². The highest BCUT2D eigenvalue weighted by atomic mass is 15.4. The lowest BCUT2D eigenvalue weighted by atomic mass is 9.65. The van der Waals surface area contributed by atoms with Crippen LogP contribution < -0.4 is 5.32 Å². The summed E-state index contributed by atoms with van der Waals surface area (Å²) in [5.74, 6) is 0.987. The van der Waals surface area contributed by atoms with E-state index in [-0.39, 0.29) is 5.54 Å². The van der Waals surface area contributed by atoms with Gasteiger partial charge in [-0.1, -0.05) is 13.8 Å². The summed E-state index contributed by atoms with van der Waals surface area (Å²) >= 11 is 0. The van der Waals surface area contributed by atoms with Crippen LogP contribution in [0.15, 0.2) is 17.3 Å². The summed E-state index contributed by atoms with van der Waals surface area (Å²) in [6, 6.07) is 1.96. The standard InChI is InChI=1S/C14H25N5/c1-6-15-12(16-9-11-7-8-17-18-11)19-10-13(2,3)14(19,4)5/h7-8H,6,9-10H2,1-5H3,(H,15,16)(H,17,18). The van der Waals surface area contributed by atoms with Crippen molar-refractivity contribution in [2.24, 2.45) is 10.4 Å². The van der Waals surface area contributed by atoms with Gasteiger partial charge in [0.1, 0.15) is 0 Å². The smallest absolute Gasteiger partial charge is 0.194 e. The van der Waals surface area contributed by atoms with Crippen LogP contribution in [0.3, 0.4) is 0 Å². The maximum absolute atomic E-state index is 4.70. The van der Waals surface area contributed by atoms with Crippen LogP contribution in [0.2, 0.25) is 0 Å². The molecule has 0 saturated carbocycles. The van der Waals surface area contributed by atoms with Crippen LogP contribution >= 0.6 is 0 Å². The predicted molar refractivity (Wildman–Crippen MR) is 78.0 cm³/mol. The number of nitrogens with one attached hydrogen (secondary N) is 2. The monoisotopic (exact) mass is 263 g/mol. The summed E-state index contributed by atoms with van der Waals surface area (Å²) in [7, 11) is 0. The topological polar surface area (TPSA) is 56.3 Å². The number of guanidine groups is 1. The largest absolute Gasteiger partial charge is 0.356 e. The SMILES string of the molecule is CCNC(=NCc1ccn[nH]1)N1CC(C)(C)C1(C)C. The summed E-state index contributed by atoms with van der Waals surface area (Å²) in [5, 5.41) is 10.3. The van der Waals surface area contributed by atoms with E-state index in [0.29, 0.717) is 12.0 Å². The highest BCUT2D eigenvalue weighted by molar-refractivity contribution is 5.82. The Morgan fingerprint density at radius 2 is 2.21 bits per heavy atom. The molecule has 1 aromatic rings. The quantitative estimate of drug-likeness (QED) is 0.648. The van der Waals surface area contributed by atoms with Crippen molar-refractivity contribution in [3.63, 3.8) is 0 Å². The lowest BCUT2D eigenvalue weighted by Gasteiger charge is -2.62. The van der Waals surface area contributed by atoms with Gasteiger partial charge >= 0.3 is 0 Å². The number of aromatic amines is 1. The summed E-state index contributed by atoms with van der Waals surface area (Å²) in [6.45, 7) is 13.8. The zero-order valence-electron chi connectivity index (χ0n) is 12.6. The van der Waals surface area contributed by atoms with Gasteiger partial charge in [0.05, 0.1) is 12.2 Å². The van der Waals surface area contributed by atoms with E-state index in [2.05, 4.69) is 55.0 Å². The molecule has 0 aromatic carbocycles. The Hall–Kier alpha value is -1.52. The van der Waals surface area contributed by atoms with Gasteiger partial charge in [-0.25, -0.2) is 4.99 Å². The summed E-state index contributed by atoms with van der Waals surface area (Å²) in [6.07, 6.45) is 1.76. The fourth-order valence-corrected chi connectivity index (χ4v) is 2.33. The Bertz CT molecular complexity index is 444. The second kappa shape index (κ2) is 4.87. The van der Waals surface area contributed by atoms with Gasteiger partial charge in [-0.05, 0) is 26.8 Å². The Kier molecular flexibility index (Phi) is 3.56. The lowest BCUT2D eigenvalue weighted by molar-refractivity contribution is -0.0667. The normalized spacial score (nSPS) is 21.1. The van der Waals surface area contributed by atoms with E-state index in [1.807, 2.05) is 6.07 Å². The number of aromatic nitrogens is 2. The van der Waals surface area contributed by atoms with Gasteiger partial charge in [-0.3, -0.25) is 5.10 Å². The zero-order valence-corrected chi connectivity index (χ0v) is 12.6. The van der Waals surface area contributed by atoms with Crippen molar-refractivity contribution in [3.8, 4) is 0 Å². The molecular formula is C14H25N5. The van der Waals surface area contributed by atoms with Crippen LogP contribution in [0.5, 0.6) is 0 Å². The summed E-state index contributed by atoms with van der Waals surface area (Å²) in [5.41, 5.74) is 1.48. The van der Waals surface area contributed by atoms with E-state index in [9.17, 15) is 0 Å². The summed E-state index contributed by atoms with van der Waals surface area (Å²) in [4.78, 5) is 7.05. The maximum atomic E-state index is 4.70. The van der Waals surface area contributed by atoms with Crippen molar-refractivity contribution in [1.82, 2.24) is 20.4 Å². The van der Waals surface area contributed by atoms with Crippen LogP contribution in [0.4, 0.5) is 0 Å². The zero-order chi connectivity index (χ0) is 14.1. The minimum atomic E-state index is 0.127. The van der Waals surface area contributed by atoms with Crippen molar-refractivity contribution in [3.05, 3.63) is 18.0 Å². The van der Waals surface area contributed by atoms with E-state index in [1.54, 1.807) is 6.20 Å². The van der Waals surface area contributed by atoms with Crippen LogP contribution in [0.25, 0.3) is 0 Å². The Balaban J connectivity index is 2.11. The van der Waals surface area contributed by atoms with Crippen LogP contribution in [-0.2, 0) is 6.54 Å². The van der Waals surface area contributed by atoms with Gasteiger partial charge in [0.25, 0.3) is 0 Å². The molecule has 0 radical (unpaired) electrons. The fraction of sp³-hybridized carbons (Fsp3) is 0.714. The van der Waals surface area contributed by atoms with E-state index >= 15 is 0 Å². The minimum absolute atomic E-state index is 0.127. The Labute approximate surface area is 115 Å². The maximum Gasteiger partial charge on any atom is 0.194 e. The number of rotatable bonds is 3. The van der Waals surface area contributed by atoms with Gasteiger partial charge in [-0.2, -0.15) is 5.10 Å². The third-order valence-electron chi connectivity index (χ3n) is 4.43. The Morgan fingerprint density at radius 3 is 2.68 bits per heavy atom. The average Bonchev–Trinajstić information content (AvgIpc) is 2.85. The van der Waals surface area contributed by atoms with E-state index in [1.165, 1.54) is 0 Å². The summed E-state index contributed by atoms with van der Waals surface area (Å²) < 4.78 is 0. The molecule has 0 unspecified atom stereocenters. The molecule has 1 aliphatic rings. The first-order valence-electron chi connectivity index (χ1n) is 6.92. The molecule has 2 heterocycles. The van der Waals surface area contributed by atoms with E-state index in [4.69, 9.17) is 4.99 Å². The molecule has 5 heteroatoms. The molecule has 5 nitrogen and oxygen atoms in total. The number of hydrogen-bond donors (Lipinski definition) is 2. The molecule has 106 valence electrons. The van der Waals surface area contributed by atoms with Crippen molar-refractivity contribution < 1.29 is 0 Å². The van der Waals surface area contributed by atoms with Gasteiger partial charge in [-0.15, -0.1) is 0 Å². The molecular weight excluding hydrogens is 238 g/mol. The van der Waals surface area contributed by atoms with E-state index < -0.39 is 0 Å². The van der Waals surface area contributed by atoms with E-state index in [0.717, 1.165) is 24.7 Å². The van der Waals surface area contributed by atoms with Gasteiger partial charge in [0.2, 0.25) is 0 Å². The average molecular weight is 263 g/mol. The number of likely N-dealkylation sites (tertiary alicyclic amines) is 1. The molecule has 1 aromatic heterocycles. The molecule has 2 rings (SSSR count). The van der Waals surface area contributed by atoms with Crippen molar-refractivity contribution in [2.75, 3.05) is 13.1 Å². The number of hydrogen-bond acceptors (Lipinski definition) is 2. The van der Waals surface area contributed by atoms with Crippen molar-refractivity contribution in [1.29, 1.82) is 0 Å². The third-order valence-corrected chi connectivity index (χ3v) is 4.43. The lowest BCUT2D eigenvalue weighted by Crippen LogP contribution is -2.72. The molecule has 0 atom stereocenters. The molecule has 1 saturated heterocycles. The Morgan fingerprint density at radius 1 is 1.47 bits per heavy atom. The molecule has 1 aliphatic heterocycles. The number of aliphatic imine (C=N–C) groups is 1. The molecule has 19 heavy (non-hydrogen) atoms. The van der Waals surface area contributed by atoms with Crippen molar-refractivity contribution >= 4 is 5.96 Å². The first kappa shape index (κ1) is 13.9. The third kappa shape index (κ3) is 2.46.